The average molecular weight is 222 g/mol. The number of aliphatic hydroxyl groups is 1. The second kappa shape index (κ2) is 6.28. The zero-order valence-corrected chi connectivity index (χ0v) is 9.77. The first-order chi connectivity index (χ1) is 7.67. The van der Waals surface area contributed by atoms with Gasteiger partial charge in [0.2, 0.25) is 0 Å². The number of aryl methyl sites for hydroxylation is 1. The number of benzene rings is 1. The predicted molar refractivity (Wildman–Crippen MR) is 62.2 cm³/mol. The van der Waals surface area contributed by atoms with Crippen molar-refractivity contribution in [2.24, 2.45) is 0 Å². The Morgan fingerprint density at radius 2 is 1.81 bits per heavy atom. The number of ether oxygens (including phenoxy) is 1. The number of hydrogen-bond acceptors (Lipinski definition) is 3. The van der Waals surface area contributed by atoms with Crippen molar-refractivity contribution in [2.45, 2.75) is 32.8 Å². The fraction of sp³-hybridized carbons (Fsp3) is 0.462. The Morgan fingerprint density at radius 1 is 1.25 bits per heavy atom. The van der Waals surface area contributed by atoms with Crippen molar-refractivity contribution in [3.05, 3.63) is 35.4 Å². The van der Waals surface area contributed by atoms with Gasteiger partial charge < -0.3 is 9.84 Å². The van der Waals surface area contributed by atoms with Crippen LogP contribution in [0.3, 0.4) is 0 Å². The maximum atomic E-state index is 11.2. The van der Waals surface area contributed by atoms with Gasteiger partial charge in [0.1, 0.15) is 0 Å². The van der Waals surface area contributed by atoms with E-state index >= 15 is 0 Å². The molecule has 0 amide bonds. The van der Waals surface area contributed by atoms with E-state index in [4.69, 9.17) is 4.74 Å². The van der Waals surface area contributed by atoms with E-state index in [1.807, 2.05) is 24.3 Å². The lowest BCUT2D eigenvalue weighted by molar-refractivity contribution is -0.152. The molecule has 3 heteroatoms. The Kier molecular flexibility index (Phi) is 4.99. The van der Waals surface area contributed by atoms with Crippen molar-refractivity contribution >= 4 is 5.97 Å². The van der Waals surface area contributed by atoms with E-state index in [0.717, 1.165) is 12.0 Å². The summed E-state index contributed by atoms with van der Waals surface area (Å²) < 4.78 is 4.73. The van der Waals surface area contributed by atoms with Crippen LogP contribution >= 0.6 is 0 Å². The maximum absolute atomic E-state index is 11.2. The molecule has 1 N–H and O–H groups in total. The van der Waals surface area contributed by atoms with Gasteiger partial charge in [0.15, 0.2) is 6.10 Å². The van der Waals surface area contributed by atoms with Gasteiger partial charge >= 0.3 is 5.97 Å². The van der Waals surface area contributed by atoms with E-state index in [1.54, 1.807) is 6.92 Å². The highest BCUT2D eigenvalue weighted by atomic mass is 16.5. The highest BCUT2D eigenvalue weighted by molar-refractivity contribution is 5.74. The van der Waals surface area contributed by atoms with E-state index in [2.05, 4.69) is 6.92 Å². The van der Waals surface area contributed by atoms with Crippen LogP contribution in [0.2, 0.25) is 0 Å². The Labute approximate surface area is 96.1 Å². The second-order valence-corrected chi connectivity index (χ2v) is 3.64. The molecule has 0 bridgehead atoms. The molecule has 1 rings (SSSR count). The van der Waals surface area contributed by atoms with Crippen molar-refractivity contribution in [3.63, 3.8) is 0 Å². The van der Waals surface area contributed by atoms with E-state index in [-0.39, 0.29) is 0 Å². The number of hydrogen-bond donors (Lipinski definition) is 1. The molecule has 0 saturated carbocycles. The lowest BCUT2D eigenvalue weighted by Gasteiger charge is -2.09. The summed E-state index contributed by atoms with van der Waals surface area (Å²) >= 11 is 0. The van der Waals surface area contributed by atoms with Crippen LogP contribution in [-0.2, 0) is 22.4 Å². The number of rotatable bonds is 5. The first-order valence-electron chi connectivity index (χ1n) is 5.59. The van der Waals surface area contributed by atoms with Gasteiger partial charge in [-0.2, -0.15) is 0 Å². The molecule has 1 atom stereocenters. The summed E-state index contributed by atoms with van der Waals surface area (Å²) in [6.07, 6.45) is 0.233. The van der Waals surface area contributed by atoms with Crippen LogP contribution in [0.1, 0.15) is 25.0 Å². The normalized spacial score (nSPS) is 12.2. The molecule has 0 heterocycles. The summed E-state index contributed by atoms with van der Waals surface area (Å²) in [6.45, 7) is 4.10. The lowest BCUT2D eigenvalue weighted by Crippen LogP contribution is -2.25. The zero-order chi connectivity index (χ0) is 12.0. The molecule has 16 heavy (non-hydrogen) atoms. The summed E-state index contributed by atoms with van der Waals surface area (Å²) in [5, 5.41) is 9.55. The summed E-state index contributed by atoms with van der Waals surface area (Å²) in [5.41, 5.74) is 2.19. The molecule has 0 radical (unpaired) electrons. The summed E-state index contributed by atoms with van der Waals surface area (Å²) in [4.78, 5) is 11.2. The number of carbonyl (C=O) groups is 1. The smallest absolute Gasteiger partial charge is 0.335 e. The van der Waals surface area contributed by atoms with Gasteiger partial charge in [-0.3, -0.25) is 0 Å². The highest BCUT2D eigenvalue weighted by Gasteiger charge is 2.16. The molecule has 1 unspecified atom stereocenters. The van der Waals surface area contributed by atoms with Crippen LogP contribution in [0.15, 0.2) is 24.3 Å². The van der Waals surface area contributed by atoms with Crippen LogP contribution in [-0.4, -0.2) is 23.8 Å². The second-order valence-electron chi connectivity index (χ2n) is 3.64. The van der Waals surface area contributed by atoms with Crippen LogP contribution < -0.4 is 0 Å². The minimum absolute atomic E-state index is 0.296. The molecule has 0 aliphatic heterocycles. The van der Waals surface area contributed by atoms with Crippen molar-refractivity contribution in [1.82, 2.24) is 0 Å². The van der Waals surface area contributed by atoms with Gasteiger partial charge in [-0.05, 0) is 24.5 Å². The lowest BCUT2D eigenvalue weighted by atomic mass is 10.0. The molecule has 1 aromatic rings. The van der Waals surface area contributed by atoms with Crippen molar-refractivity contribution in [2.75, 3.05) is 6.61 Å². The standard InChI is InChI=1S/C13H18O3/c1-3-10-5-7-11(8-6-10)9-12(14)13(15)16-4-2/h5-8,12,14H,3-4,9H2,1-2H3. The molecule has 1 aromatic carbocycles. The molecule has 0 aliphatic carbocycles. The third-order valence-electron chi connectivity index (χ3n) is 2.42. The van der Waals surface area contributed by atoms with E-state index in [0.29, 0.717) is 13.0 Å². The average Bonchev–Trinajstić information content (AvgIpc) is 2.30. The minimum Gasteiger partial charge on any atom is -0.464 e. The molecular formula is C13H18O3. The Morgan fingerprint density at radius 3 is 2.31 bits per heavy atom. The zero-order valence-electron chi connectivity index (χ0n) is 9.77. The first-order valence-corrected chi connectivity index (χ1v) is 5.59. The Hall–Kier alpha value is -1.35. The largest absolute Gasteiger partial charge is 0.464 e. The van der Waals surface area contributed by atoms with Gasteiger partial charge in [-0.1, -0.05) is 31.2 Å². The number of aliphatic hydroxyl groups excluding tert-OH is 1. The topological polar surface area (TPSA) is 46.5 Å². The fourth-order valence-electron chi connectivity index (χ4n) is 1.46. The third kappa shape index (κ3) is 3.66. The van der Waals surface area contributed by atoms with Crippen molar-refractivity contribution in [1.29, 1.82) is 0 Å². The third-order valence-corrected chi connectivity index (χ3v) is 2.42. The van der Waals surface area contributed by atoms with Gasteiger partial charge in [-0.25, -0.2) is 4.79 Å². The monoisotopic (exact) mass is 222 g/mol. The van der Waals surface area contributed by atoms with E-state index < -0.39 is 12.1 Å². The molecule has 0 aromatic heterocycles. The molecule has 0 fully saturated rings. The van der Waals surface area contributed by atoms with Crippen LogP contribution in [0.5, 0.6) is 0 Å². The number of carbonyl (C=O) groups excluding carboxylic acids is 1. The van der Waals surface area contributed by atoms with Gasteiger partial charge in [0, 0.05) is 6.42 Å². The molecule has 3 nitrogen and oxygen atoms in total. The van der Waals surface area contributed by atoms with Crippen LogP contribution in [0.4, 0.5) is 0 Å². The highest BCUT2D eigenvalue weighted by Crippen LogP contribution is 2.08. The fourth-order valence-corrected chi connectivity index (χ4v) is 1.46. The summed E-state index contributed by atoms with van der Waals surface area (Å²) in [5.74, 6) is -0.554. The Balaban J connectivity index is 2.55. The van der Waals surface area contributed by atoms with Crippen molar-refractivity contribution in [3.8, 4) is 0 Å². The van der Waals surface area contributed by atoms with Crippen molar-refractivity contribution < 1.29 is 14.6 Å². The number of esters is 1. The van der Waals surface area contributed by atoms with E-state index in [1.165, 1.54) is 5.56 Å². The maximum Gasteiger partial charge on any atom is 0.335 e. The molecule has 0 saturated heterocycles. The van der Waals surface area contributed by atoms with E-state index in [9.17, 15) is 9.90 Å². The molecule has 0 aliphatic rings. The predicted octanol–water partition coefficient (Wildman–Crippen LogP) is 1.72. The SMILES string of the molecule is CCOC(=O)C(O)Cc1ccc(CC)cc1. The summed E-state index contributed by atoms with van der Waals surface area (Å²) in [7, 11) is 0. The van der Waals surface area contributed by atoms with Crippen LogP contribution in [0, 0.1) is 0 Å². The Bertz CT molecular complexity index is 330. The van der Waals surface area contributed by atoms with Gasteiger partial charge in [0.25, 0.3) is 0 Å². The van der Waals surface area contributed by atoms with Gasteiger partial charge in [0.05, 0.1) is 6.61 Å². The minimum atomic E-state index is -1.06. The van der Waals surface area contributed by atoms with Crippen LogP contribution in [0.25, 0.3) is 0 Å². The summed E-state index contributed by atoms with van der Waals surface area (Å²) in [6, 6.07) is 7.88. The van der Waals surface area contributed by atoms with Gasteiger partial charge in [-0.15, -0.1) is 0 Å². The molecule has 88 valence electrons. The molecular weight excluding hydrogens is 204 g/mol. The first kappa shape index (κ1) is 12.7. The molecule has 0 spiro atoms. The quantitative estimate of drug-likeness (QED) is 0.771.